The Morgan fingerprint density at radius 3 is 2.89 bits per heavy atom. The van der Waals surface area contributed by atoms with Crippen molar-refractivity contribution in [3.63, 3.8) is 0 Å². The average molecular weight is 266 g/mol. The molecule has 1 amide bonds. The van der Waals surface area contributed by atoms with E-state index in [4.69, 9.17) is 4.42 Å². The minimum Gasteiger partial charge on any atom is -0.468 e. The largest absolute Gasteiger partial charge is 0.468 e. The van der Waals surface area contributed by atoms with Gasteiger partial charge in [-0.3, -0.25) is 4.90 Å². The van der Waals surface area contributed by atoms with Crippen LogP contribution >= 0.6 is 0 Å². The second kappa shape index (κ2) is 6.61. The summed E-state index contributed by atoms with van der Waals surface area (Å²) in [5.41, 5.74) is 0. The predicted octanol–water partition coefficient (Wildman–Crippen LogP) is 2.41. The van der Waals surface area contributed by atoms with Gasteiger partial charge in [-0.15, -0.1) is 0 Å². The van der Waals surface area contributed by atoms with E-state index in [9.17, 15) is 4.79 Å². The van der Waals surface area contributed by atoms with E-state index >= 15 is 0 Å². The van der Waals surface area contributed by atoms with Crippen LogP contribution in [0.25, 0.3) is 0 Å². The normalized spacial score (nSPS) is 19.1. The van der Waals surface area contributed by atoms with Crippen LogP contribution in [0.15, 0.2) is 22.8 Å². The highest BCUT2D eigenvalue weighted by atomic mass is 16.5. The van der Waals surface area contributed by atoms with Crippen LogP contribution in [-0.2, 0) is 4.74 Å². The number of rotatable bonds is 4. The van der Waals surface area contributed by atoms with Gasteiger partial charge in [0.1, 0.15) is 5.76 Å². The van der Waals surface area contributed by atoms with Crippen molar-refractivity contribution in [3.8, 4) is 0 Å². The van der Waals surface area contributed by atoms with E-state index in [1.54, 1.807) is 6.26 Å². The summed E-state index contributed by atoms with van der Waals surface area (Å²) >= 11 is 0. The summed E-state index contributed by atoms with van der Waals surface area (Å²) in [6.07, 6.45) is 3.65. The zero-order chi connectivity index (χ0) is 13.7. The summed E-state index contributed by atoms with van der Waals surface area (Å²) in [6.45, 7) is 4.87. The highest BCUT2D eigenvalue weighted by molar-refractivity contribution is 5.66. The van der Waals surface area contributed by atoms with E-state index in [-0.39, 0.29) is 6.04 Å². The lowest BCUT2D eigenvalue weighted by molar-refractivity contribution is 0.116. The number of furan rings is 1. The monoisotopic (exact) mass is 266 g/mol. The molecule has 106 valence electrons. The smallest absolute Gasteiger partial charge is 0.406 e. The quantitative estimate of drug-likeness (QED) is 0.909. The van der Waals surface area contributed by atoms with E-state index < -0.39 is 6.09 Å². The fourth-order valence-corrected chi connectivity index (χ4v) is 2.48. The summed E-state index contributed by atoms with van der Waals surface area (Å²) in [7, 11) is 1.37. The Hall–Kier alpha value is -1.49. The Labute approximate surface area is 113 Å². The number of methoxy groups -OCH3 is 1. The van der Waals surface area contributed by atoms with Gasteiger partial charge in [0, 0.05) is 6.54 Å². The van der Waals surface area contributed by atoms with Crippen LogP contribution in [0.2, 0.25) is 0 Å². The number of carbonyl (C=O) groups excluding carboxylic acids is 1. The minimum atomic E-state index is -0.401. The van der Waals surface area contributed by atoms with Crippen molar-refractivity contribution in [2.75, 3.05) is 26.7 Å². The number of amides is 1. The number of nitrogens with zero attached hydrogens (tertiary/aromatic N) is 1. The molecule has 1 aliphatic heterocycles. The van der Waals surface area contributed by atoms with E-state index in [0.717, 1.165) is 24.8 Å². The number of ether oxygens (including phenoxy) is 1. The van der Waals surface area contributed by atoms with Gasteiger partial charge in [0.2, 0.25) is 0 Å². The van der Waals surface area contributed by atoms with Crippen LogP contribution in [0.3, 0.4) is 0 Å². The van der Waals surface area contributed by atoms with Crippen molar-refractivity contribution in [1.82, 2.24) is 10.2 Å². The van der Waals surface area contributed by atoms with Crippen molar-refractivity contribution in [2.45, 2.75) is 25.8 Å². The molecule has 1 aromatic rings. The van der Waals surface area contributed by atoms with Crippen molar-refractivity contribution >= 4 is 6.09 Å². The molecule has 2 rings (SSSR count). The highest BCUT2D eigenvalue weighted by Crippen LogP contribution is 2.26. The van der Waals surface area contributed by atoms with Crippen molar-refractivity contribution in [3.05, 3.63) is 24.2 Å². The number of hydrogen-bond donors (Lipinski definition) is 1. The van der Waals surface area contributed by atoms with E-state index in [1.807, 2.05) is 12.1 Å². The molecule has 0 aliphatic carbocycles. The third-order valence-electron chi connectivity index (χ3n) is 3.76. The number of likely N-dealkylation sites (tertiary alicyclic amines) is 1. The summed E-state index contributed by atoms with van der Waals surface area (Å²) in [6, 6.07) is 3.93. The van der Waals surface area contributed by atoms with Crippen molar-refractivity contribution in [1.29, 1.82) is 0 Å². The van der Waals surface area contributed by atoms with Crippen molar-refractivity contribution < 1.29 is 13.9 Å². The molecule has 0 aromatic carbocycles. The molecule has 1 atom stereocenters. The fraction of sp³-hybridized carbons (Fsp3) is 0.643. The molecule has 1 unspecified atom stereocenters. The molecule has 0 bridgehead atoms. The Morgan fingerprint density at radius 1 is 1.58 bits per heavy atom. The molecule has 1 saturated heterocycles. The molecular weight excluding hydrogens is 244 g/mol. The van der Waals surface area contributed by atoms with Gasteiger partial charge in [-0.25, -0.2) is 4.79 Å². The summed E-state index contributed by atoms with van der Waals surface area (Å²) in [5.74, 6) is 1.67. The topological polar surface area (TPSA) is 54.7 Å². The van der Waals surface area contributed by atoms with Gasteiger partial charge >= 0.3 is 6.09 Å². The lowest BCUT2D eigenvalue weighted by Crippen LogP contribution is -2.41. The number of carbonyl (C=O) groups is 1. The van der Waals surface area contributed by atoms with Gasteiger partial charge in [-0.1, -0.05) is 6.92 Å². The van der Waals surface area contributed by atoms with Gasteiger partial charge in [0.25, 0.3) is 0 Å². The SMILES string of the molecule is COC(=O)NCC(c1ccco1)N1CCC(C)CC1. The van der Waals surface area contributed by atoms with E-state index in [1.165, 1.54) is 20.0 Å². The van der Waals surface area contributed by atoms with Crippen LogP contribution in [-0.4, -0.2) is 37.7 Å². The lowest BCUT2D eigenvalue weighted by atomic mass is 9.97. The molecule has 1 aromatic heterocycles. The molecule has 0 radical (unpaired) electrons. The Morgan fingerprint density at radius 2 is 2.32 bits per heavy atom. The van der Waals surface area contributed by atoms with Gasteiger partial charge in [-0.05, 0) is 44.0 Å². The first-order valence-corrected chi connectivity index (χ1v) is 6.80. The maximum Gasteiger partial charge on any atom is 0.406 e. The molecule has 5 nitrogen and oxygen atoms in total. The third kappa shape index (κ3) is 3.73. The second-order valence-corrected chi connectivity index (χ2v) is 5.12. The number of piperidine rings is 1. The summed E-state index contributed by atoms with van der Waals surface area (Å²) in [4.78, 5) is 13.6. The molecule has 19 heavy (non-hydrogen) atoms. The first-order chi connectivity index (χ1) is 9.20. The predicted molar refractivity (Wildman–Crippen MR) is 71.8 cm³/mol. The van der Waals surface area contributed by atoms with Gasteiger partial charge in [0.15, 0.2) is 0 Å². The van der Waals surface area contributed by atoms with E-state index in [0.29, 0.717) is 6.54 Å². The lowest BCUT2D eigenvalue weighted by Gasteiger charge is -2.35. The van der Waals surface area contributed by atoms with Crippen LogP contribution in [0.1, 0.15) is 31.6 Å². The van der Waals surface area contributed by atoms with Gasteiger partial charge in [-0.2, -0.15) is 0 Å². The minimum absolute atomic E-state index is 0.0848. The standard InChI is InChI=1S/C14H22N2O3/c1-11-5-7-16(8-6-11)12(10-15-14(17)18-2)13-4-3-9-19-13/h3-4,9,11-12H,5-8,10H2,1-2H3,(H,15,17). The second-order valence-electron chi connectivity index (χ2n) is 5.12. The fourth-order valence-electron chi connectivity index (χ4n) is 2.48. The summed E-state index contributed by atoms with van der Waals surface area (Å²) < 4.78 is 10.1. The maximum atomic E-state index is 11.2. The Balaban J connectivity index is 2.00. The van der Waals surface area contributed by atoms with Crippen molar-refractivity contribution in [2.24, 2.45) is 5.92 Å². The zero-order valence-corrected chi connectivity index (χ0v) is 11.6. The molecular formula is C14H22N2O3. The van der Waals surface area contributed by atoms with Gasteiger partial charge in [0.05, 0.1) is 19.4 Å². The molecule has 1 fully saturated rings. The maximum absolute atomic E-state index is 11.2. The first-order valence-electron chi connectivity index (χ1n) is 6.80. The molecule has 1 N–H and O–H groups in total. The van der Waals surface area contributed by atoms with Crippen LogP contribution < -0.4 is 5.32 Å². The van der Waals surface area contributed by atoms with Crippen LogP contribution in [0, 0.1) is 5.92 Å². The summed E-state index contributed by atoms with van der Waals surface area (Å²) in [5, 5.41) is 2.77. The molecule has 1 aliphatic rings. The van der Waals surface area contributed by atoms with Crippen LogP contribution in [0.5, 0.6) is 0 Å². The molecule has 0 saturated carbocycles. The average Bonchev–Trinajstić information content (AvgIpc) is 2.94. The van der Waals surface area contributed by atoms with Gasteiger partial charge < -0.3 is 14.5 Å². The Kier molecular flexibility index (Phi) is 4.85. The van der Waals surface area contributed by atoms with Crippen LogP contribution in [0.4, 0.5) is 4.79 Å². The highest BCUT2D eigenvalue weighted by Gasteiger charge is 2.26. The molecule has 0 spiro atoms. The number of nitrogens with one attached hydrogen (secondary N) is 1. The number of hydrogen-bond acceptors (Lipinski definition) is 4. The molecule has 2 heterocycles. The zero-order valence-electron chi connectivity index (χ0n) is 11.6. The first kappa shape index (κ1) is 13.9. The third-order valence-corrected chi connectivity index (χ3v) is 3.76. The molecule has 5 heteroatoms. The number of alkyl carbamates (subject to hydrolysis) is 1. The van der Waals surface area contributed by atoms with E-state index in [2.05, 4.69) is 21.9 Å². The Bertz CT molecular complexity index is 383.